The van der Waals surface area contributed by atoms with E-state index in [1.807, 2.05) is 13.0 Å². The molecule has 0 radical (unpaired) electrons. The number of ether oxygens (including phenoxy) is 1. The van der Waals surface area contributed by atoms with Gasteiger partial charge in [-0.05, 0) is 20.0 Å². The number of nitrogens with zero attached hydrogens (tertiary/aromatic N) is 2. The molecule has 112 valence electrons. The molecule has 0 saturated carbocycles. The molecule has 1 N–H and O–H groups in total. The quantitative estimate of drug-likeness (QED) is 0.816. The lowest BCUT2D eigenvalue weighted by Crippen LogP contribution is -2.45. The van der Waals surface area contributed by atoms with Crippen LogP contribution in [0.1, 0.15) is 12.5 Å². The molecule has 0 aliphatic carbocycles. The van der Waals surface area contributed by atoms with Gasteiger partial charge < -0.3 is 15.0 Å². The lowest BCUT2D eigenvalue weighted by molar-refractivity contribution is 0.201. The molecule has 1 aromatic carbocycles. The van der Waals surface area contributed by atoms with Gasteiger partial charge in [0.1, 0.15) is 5.75 Å². The van der Waals surface area contributed by atoms with E-state index in [-0.39, 0.29) is 0 Å². The van der Waals surface area contributed by atoms with E-state index in [0.29, 0.717) is 0 Å². The molecule has 20 heavy (non-hydrogen) atoms. The minimum absolute atomic E-state index is 0.724. The van der Waals surface area contributed by atoms with Crippen molar-refractivity contribution in [2.45, 2.75) is 13.5 Å². The molecule has 1 heterocycles. The molecule has 0 atom stereocenters. The average molecular weight is 277 g/mol. The number of hydrogen-bond donors (Lipinski definition) is 1. The average Bonchev–Trinajstić information content (AvgIpc) is 2.49. The molecule has 1 fully saturated rings. The second kappa shape index (κ2) is 8.25. The van der Waals surface area contributed by atoms with Crippen molar-refractivity contribution in [1.29, 1.82) is 0 Å². The fourth-order valence-corrected chi connectivity index (χ4v) is 2.55. The molecule has 1 saturated heterocycles. The maximum absolute atomic E-state index is 5.69. The molecule has 2 rings (SSSR count). The fraction of sp³-hybridized carbons (Fsp3) is 0.625. The van der Waals surface area contributed by atoms with Gasteiger partial charge in [-0.1, -0.05) is 18.2 Å². The van der Waals surface area contributed by atoms with E-state index in [1.54, 1.807) is 0 Å². The molecule has 1 aliphatic heterocycles. The van der Waals surface area contributed by atoms with Gasteiger partial charge in [-0.3, -0.25) is 4.90 Å². The number of hydrogen-bond acceptors (Lipinski definition) is 4. The van der Waals surface area contributed by atoms with Crippen LogP contribution in [0.4, 0.5) is 0 Å². The van der Waals surface area contributed by atoms with Crippen molar-refractivity contribution in [1.82, 2.24) is 15.1 Å². The number of para-hydroxylation sites is 1. The zero-order valence-electron chi connectivity index (χ0n) is 12.8. The van der Waals surface area contributed by atoms with E-state index in [2.05, 4.69) is 40.4 Å². The van der Waals surface area contributed by atoms with Gasteiger partial charge in [-0.15, -0.1) is 0 Å². The lowest BCUT2D eigenvalue weighted by atomic mass is 10.2. The Balaban J connectivity index is 1.79. The first-order valence-corrected chi connectivity index (χ1v) is 7.62. The van der Waals surface area contributed by atoms with Gasteiger partial charge >= 0.3 is 0 Å². The van der Waals surface area contributed by atoms with E-state index in [0.717, 1.165) is 45.1 Å². The summed E-state index contributed by atoms with van der Waals surface area (Å²) in [5, 5.41) is 3.39. The third-order valence-corrected chi connectivity index (χ3v) is 3.72. The fourth-order valence-electron chi connectivity index (χ4n) is 2.55. The number of nitrogens with one attached hydrogen (secondary N) is 1. The summed E-state index contributed by atoms with van der Waals surface area (Å²) in [5.41, 5.74) is 1.28. The van der Waals surface area contributed by atoms with Crippen LogP contribution in [-0.2, 0) is 6.54 Å². The Labute approximate surface area is 122 Å². The first kappa shape index (κ1) is 15.3. The Kier molecular flexibility index (Phi) is 6.30. The smallest absolute Gasteiger partial charge is 0.123 e. The highest BCUT2D eigenvalue weighted by atomic mass is 16.5. The molecule has 0 unspecified atom stereocenters. The minimum atomic E-state index is 0.724. The van der Waals surface area contributed by atoms with Crippen LogP contribution in [0.3, 0.4) is 0 Å². The van der Waals surface area contributed by atoms with Crippen molar-refractivity contribution >= 4 is 0 Å². The van der Waals surface area contributed by atoms with Gasteiger partial charge in [0, 0.05) is 51.4 Å². The maximum atomic E-state index is 5.69. The molecule has 1 aromatic rings. The number of likely N-dealkylation sites (N-methyl/N-ethyl adjacent to an activating group) is 1. The van der Waals surface area contributed by atoms with E-state index in [4.69, 9.17) is 4.74 Å². The molecular formula is C16H27N3O. The Hall–Kier alpha value is -1.10. The van der Waals surface area contributed by atoms with Crippen molar-refractivity contribution in [3.63, 3.8) is 0 Å². The van der Waals surface area contributed by atoms with E-state index >= 15 is 0 Å². The summed E-state index contributed by atoms with van der Waals surface area (Å²) >= 11 is 0. The molecule has 0 aromatic heterocycles. The summed E-state index contributed by atoms with van der Waals surface area (Å²) in [5.74, 6) is 1.02. The zero-order valence-corrected chi connectivity index (χ0v) is 12.8. The SMILES string of the molecule is CCOc1ccccc1CN(C)CCN1CCNCC1. The van der Waals surface area contributed by atoms with Gasteiger partial charge in [0.2, 0.25) is 0 Å². The summed E-state index contributed by atoms with van der Waals surface area (Å²) < 4.78 is 5.69. The van der Waals surface area contributed by atoms with Gasteiger partial charge in [-0.25, -0.2) is 0 Å². The van der Waals surface area contributed by atoms with Crippen molar-refractivity contribution in [3.05, 3.63) is 29.8 Å². The van der Waals surface area contributed by atoms with Crippen molar-refractivity contribution < 1.29 is 4.74 Å². The van der Waals surface area contributed by atoms with Crippen molar-refractivity contribution in [2.24, 2.45) is 0 Å². The molecular weight excluding hydrogens is 250 g/mol. The standard InChI is InChI=1S/C16H27N3O/c1-3-20-16-7-5-4-6-15(16)14-18(2)12-13-19-10-8-17-9-11-19/h4-7,17H,3,8-14H2,1-2H3. The summed E-state index contributed by atoms with van der Waals surface area (Å²) in [6.07, 6.45) is 0. The number of piperazine rings is 1. The summed E-state index contributed by atoms with van der Waals surface area (Å²) in [7, 11) is 2.19. The van der Waals surface area contributed by atoms with Crippen LogP contribution >= 0.6 is 0 Å². The van der Waals surface area contributed by atoms with Gasteiger partial charge in [-0.2, -0.15) is 0 Å². The zero-order chi connectivity index (χ0) is 14.2. The predicted octanol–water partition coefficient (Wildman–Crippen LogP) is 1.42. The highest BCUT2D eigenvalue weighted by Crippen LogP contribution is 2.19. The first-order valence-electron chi connectivity index (χ1n) is 7.62. The molecule has 4 heteroatoms. The summed E-state index contributed by atoms with van der Waals surface area (Å²) in [6.45, 7) is 10.5. The lowest BCUT2D eigenvalue weighted by Gasteiger charge is -2.29. The van der Waals surface area contributed by atoms with E-state index < -0.39 is 0 Å². The third kappa shape index (κ3) is 4.78. The maximum Gasteiger partial charge on any atom is 0.123 e. The Morgan fingerprint density at radius 3 is 2.75 bits per heavy atom. The van der Waals surface area contributed by atoms with Crippen molar-refractivity contribution in [3.8, 4) is 5.75 Å². The topological polar surface area (TPSA) is 27.7 Å². The van der Waals surface area contributed by atoms with Crippen molar-refractivity contribution in [2.75, 3.05) is 52.9 Å². The van der Waals surface area contributed by atoms with Crippen LogP contribution < -0.4 is 10.1 Å². The number of rotatable bonds is 7. The largest absolute Gasteiger partial charge is 0.494 e. The second-order valence-corrected chi connectivity index (χ2v) is 5.37. The van der Waals surface area contributed by atoms with Crippen LogP contribution in [0.25, 0.3) is 0 Å². The highest BCUT2D eigenvalue weighted by molar-refractivity contribution is 5.33. The summed E-state index contributed by atoms with van der Waals surface area (Å²) in [4.78, 5) is 4.90. The van der Waals surface area contributed by atoms with Gasteiger partial charge in [0.15, 0.2) is 0 Å². The van der Waals surface area contributed by atoms with E-state index in [1.165, 1.54) is 18.7 Å². The molecule has 1 aliphatic rings. The first-order chi connectivity index (χ1) is 9.79. The highest BCUT2D eigenvalue weighted by Gasteiger charge is 2.11. The number of benzene rings is 1. The monoisotopic (exact) mass is 277 g/mol. The van der Waals surface area contributed by atoms with Crippen LogP contribution in [-0.4, -0.2) is 62.7 Å². The van der Waals surface area contributed by atoms with Crippen LogP contribution in [0.5, 0.6) is 5.75 Å². The van der Waals surface area contributed by atoms with Crippen LogP contribution in [0, 0.1) is 0 Å². The molecule has 0 bridgehead atoms. The Morgan fingerprint density at radius 1 is 1.25 bits per heavy atom. The molecule has 4 nitrogen and oxygen atoms in total. The minimum Gasteiger partial charge on any atom is -0.494 e. The van der Waals surface area contributed by atoms with E-state index in [9.17, 15) is 0 Å². The Morgan fingerprint density at radius 2 is 2.00 bits per heavy atom. The normalized spacial score (nSPS) is 16.6. The predicted molar refractivity (Wildman–Crippen MR) is 83.3 cm³/mol. The molecule has 0 amide bonds. The van der Waals surface area contributed by atoms with Gasteiger partial charge in [0.25, 0.3) is 0 Å². The summed E-state index contributed by atoms with van der Waals surface area (Å²) in [6, 6.07) is 8.34. The second-order valence-electron chi connectivity index (χ2n) is 5.37. The van der Waals surface area contributed by atoms with Gasteiger partial charge in [0.05, 0.1) is 6.61 Å². The van der Waals surface area contributed by atoms with Crippen LogP contribution in [0.15, 0.2) is 24.3 Å². The third-order valence-electron chi connectivity index (χ3n) is 3.72. The molecule has 0 spiro atoms. The van der Waals surface area contributed by atoms with Crippen LogP contribution in [0.2, 0.25) is 0 Å². The Bertz CT molecular complexity index is 391.